The molecule has 0 radical (unpaired) electrons. The van der Waals surface area contributed by atoms with Crippen molar-refractivity contribution in [3.63, 3.8) is 0 Å². The zero-order chi connectivity index (χ0) is 12.4. The number of carbonyl (C=O) groups excluding carboxylic acids is 3. The number of hydrogen-bond donors (Lipinski definition) is 0. The SMILES string of the molecule is CCOC(=O)CCCC(=O)OC(=O)COC. The topological polar surface area (TPSA) is 78.9 Å². The Labute approximate surface area is 93.8 Å². The molecular weight excluding hydrogens is 216 g/mol. The van der Waals surface area contributed by atoms with Crippen molar-refractivity contribution in [3.05, 3.63) is 0 Å². The molecule has 0 aromatic carbocycles. The lowest BCUT2D eigenvalue weighted by atomic mass is 10.2. The lowest BCUT2D eigenvalue weighted by molar-refractivity contribution is -0.162. The van der Waals surface area contributed by atoms with Gasteiger partial charge in [0.2, 0.25) is 0 Å². The summed E-state index contributed by atoms with van der Waals surface area (Å²) in [6.45, 7) is 1.76. The van der Waals surface area contributed by atoms with Gasteiger partial charge in [0.15, 0.2) is 0 Å². The van der Waals surface area contributed by atoms with E-state index in [1.165, 1.54) is 7.11 Å². The molecule has 0 heterocycles. The van der Waals surface area contributed by atoms with Crippen LogP contribution >= 0.6 is 0 Å². The molecule has 0 bridgehead atoms. The van der Waals surface area contributed by atoms with Crippen molar-refractivity contribution < 1.29 is 28.6 Å². The maximum absolute atomic E-state index is 11.0. The smallest absolute Gasteiger partial charge is 0.339 e. The number of ether oxygens (including phenoxy) is 3. The third-order valence-corrected chi connectivity index (χ3v) is 1.56. The monoisotopic (exact) mass is 232 g/mol. The number of methoxy groups -OCH3 is 1. The molecule has 0 saturated heterocycles. The first-order valence-corrected chi connectivity index (χ1v) is 4.98. The van der Waals surface area contributed by atoms with Crippen LogP contribution in [0, 0.1) is 0 Å². The summed E-state index contributed by atoms with van der Waals surface area (Å²) in [6.07, 6.45) is 0.452. The summed E-state index contributed by atoms with van der Waals surface area (Å²) in [5, 5.41) is 0. The van der Waals surface area contributed by atoms with E-state index in [9.17, 15) is 14.4 Å². The number of rotatable bonds is 7. The Morgan fingerprint density at radius 3 is 2.19 bits per heavy atom. The van der Waals surface area contributed by atoms with E-state index >= 15 is 0 Å². The first kappa shape index (κ1) is 14.6. The highest BCUT2D eigenvalue weighted by atomic mass is 16.6. The average molecular weight is 232 g/mol. The number of esters is 3. The first-order chi connectivity index (χ1) is 7.60. The van der Waals surface area contributed by atoms with Gasteiger partial charge in [-0.25, -0.2) is 4.79 Å². The average Bonchev–Trinajstić information content (AvgIpc) is 2.18. The first-order valence-electron chi connectivity index (χ1n) is 4.98. The molecule has 0 unspecified atom stereocenters. The second kappa shape index (κ2) is 8.84. The highest BCUT2D eigenvalue weighted by Gasteiger charge is 2.11. The van der Waals surface area contributed by atoms with Gasteiger partial charge in [-0.3, -0.25) is 9.59 Å². The van der Waals surface area contributed by atoms with Gasteiger partial charge >= 0.3 is 17.9 Å². The minimum atomic E-state index is -0.733. The van der Waals surface area contributed by atoms with Gasteiger partial charge in [-0.05, 0) is 13.3 Å². The maximum atomic E-state index is 11.0. The van der Waals surface area contributed by atoms with Gasteiger partial charge in [0.1, 0.15) is 6.61 Å². The minimum Gasteiger partial charge on any atom is -0.466 e. The molecule has 0 aliphatic carbocycles. The molecule has 0 spiro atoms. The summed E-state index contributed by atoms with van der Waals surface area (Å²) in [6, 6.07) is 0. The van der Waals surface area contributed by atoms with E-state index in [-0.39, 0.29) is 25.4 Å². The van der Waals surface area contributed by atoms with Gasteiger partial charge in [-0.15, -0.1) is 0 Å². The fourth-order valence-corrected chi connectivity index (χ4v) is 0.936. The Bertz CT molecular complexity index is 248. The largest absolute Gasteiger partial charge is 0.466 e. The van der Waals surface area contributed by atoms with Crippen LogP contribution < -0.4 is 0 Å². The summed E-state index contributed by atoms with van der Waals surface area (Å²) >= 11 is 0. The van der Waals surface area contributed by atoms with Gasteiger partial charge < -0.3 is 14.2 Å². The Morgan fingerprint density at radius 1 is 1.00 bits per heavy atom. The molecule has 92 valence electrons. The van der Waals surface area contributed by atoms with Gasteiger partial charge in [-0.1, -0.05) is 0 Å². The fraction of sp³-hybridized carbons (Fsp3) is 0.700. The van der Waals surface area contributed by atoms with Crippen molar-refractivity contribution >= 4 is 17.9 Å². The third kappa shape index (κ3) is 7.93. The van der Waals surface area contributed by atoms with E-state index in [0.29, 0.717) is 13.0 Å². The molecule has 6 heteroatoms. The van der Waals surface area contributed by atoms with Crippen molar-refractivity contribution in [2.75, 3.05) is 20.3 Å². The lowest BCUT2D eigenvalue weighted by Gasteiger charge is -2.02. The van der Waals surface area contributed by atoms with Crippen LogP contribution in [0.15, 0.2) is 0 Å². The molecule has 6 nitrogen and oxygen atoms in total. The zero-order valence-electron chi connectivity index (χ0n) is 9.49. The van der Waals surface area contributed by atoms with Crippen LogP contribution in [0.25, 0.3) is 0 Å². The second-order valence-electron chi connectivity index (χ2n) is 2.94. The normalized spacial score (nSPS) is 9.62. The fourth-order valence-electron chi connectivity index (χ4n) is 0.936. The Balaban J connectivity index is 3.58. The van der Waals surface area contributed by atoms with Crippen molar-refractivity contribution in [1.82, 2.24) is 0 Å². The molecule has 0 saturated carbocycles. The van der Waals surface area contributed by atoms with E-state index in [1.807, 2.05) is 0 Å². The molecule has 0 atom stereocenters. The van der Waals surface area contributed by atoms with Crippen molar-refractivity contribution in [2.24, 2.45) is 0 Å². The van der Waals surface area contributed by atoms with Crippen molar-refractivity contribution in [3.8, 4) is 0 Å². The molecule has 0 fully saturated rings. The maximum Gasteiger partial charge on any atom is 0.339 e. The predicted octanol–water partition coefficient (Wildman–Crippen LogP) is 0.436. The predicted molar refractivity (Wildman–Crippen MR) is 53.5 cm³/mol. The number of carbonyl (C=O) groups is 3. The van der Waals surface area contributed by atoms with Crippen LogP contribution in [0.3, 0.4) is 0 Å². The third-order valence-electron chi connectivity index (χ3n) is 1.56. The molecule has 0 amide bonds. The van der Waals surface area contributed by atoms with Crippen LogP contribution in [0.2, 0.25) is 0 Å². The molecule has 16 heavy (non-hydrogen) atoms. The molecule has 0 rings (SSSR count). The highest BCUT2D eigenvalue weighted by molar-refractivity contribution is 5.86. The Kier molecular flexibility index (Phi) is 8.05. The standard InChI is InChI=1S/C10H16O6/c1-3-15-8(11)5-4-6-9(12)16-10(13)7-14-2/h3-7H2,1-2H3. The van der Waals surface area contributed by atoms with Crippen LogP contribution in [0.1, 0.15) is 26.2 Å². The quantitative estimate of drug-likeness (QED) is 0.468. The van der Waals surface area contributed by atoms with Crippen LogP contribution in [0.5, 0.6) is 0 Å². The molecule has 0 N–H and O–H groups in total. The van der Waals surface area contributed by atoms with E-state index in [0.717, 1.165) is 0 Å². The Morgan fingerprint density at radius 2 is 1.62 bits per heavy atom. The zero-order valence-corrected chi connectivity index (χ0v) is 9.49. The highest BCUT2D eigenvalue weighted by Crippen LogP contribution is 2.00. The minimum absolute atomic E-state index is 0.00820. The molecule has 0 aromatic heterocycles. The van der Waals surface area contributed by atoms with Crippen LogP contribution in [0.4, 0.5) is 0 Å². The summed E-state index contributed by atoms with van der Waals surface area (Å²) in [4.78, 5) is 32.7. The Hall–Kier alpha value is -1.43. The second-order valence-corrected chi connectivity index (χ2v) is 2.94. The summed E-state index contributed by atoms with van der Waals surface area (Å²) < 4.78 is 13.5. The van der Waals surface area contributed by atoms with Gasteiger partial charge in [0.25, 0.3) is 0 Å². The van der Waals surface area contributed by atoms with Gasteiger partial charge in [-0.2, -0.15) is 0 Å². The van der Waals surface area contributed by atoms with Crippen molar-refractivity contribution in [1.29, 1.82) is 0 Å². The molecule has 0 aromatic rings. The van der Waals surface area contributed by atoms with E-state index in [1.54, 1.807) is 6.92 Å². The summed E-state index contributed by atoms with van der Waals surface area (Å²) in [5.74, 6) is -1.76. The van der Waals surface area contributed by atoms with Gasteiger partial charge in [0.05, 0.1) is 6.61 Å². The van der Waals surface area contributed by atoms with Crippen LogP contribution in [-0.2, 0) is 28.6 Å². The molecule has 0 aliphatic heterocycles. The van der Waals surface area contributed by atoms with Gasteiger partial charge in [0, 0.05) is 20.0 Å². The van der Waals surface area contributed by atoms with E-state index in [4.69, 9.17) is 0 Å². The lowest BCUT2D eigenvalue weighted by Crippen LogP contribution is -2.16. The van der Waals surface area contributed by atoms with E-state index < -0.39 is 11.9 Å². The summed E-state index contributed by atoms with van der Waals surface area (Å²) in [5.41, 5.74) is 0. The summed E-state index contributed by atoms with van der Waals surface area (Å²) in [7, 11) is 1.33. The van der Waals surface area contributed by atoms with Crippen molar-refractivity contribution in [2.45, 2.75) is 26.2 Å². The van der Waals surface area contributed by atoms with Crippen LogP contribution in [-0.4, -0.2) is 38.2 Å². The molecule has 0 aliphatic rings. The van der Waals surface area contributed by atoms with E-state index in [2.05, 4.69) is 14.2 Å². The number of hydrogen-bond acceptors (Lipinski definition) is 6. The molecular formula is C10H16O6.